The molecule has 13 nitrogen and oxygen atoms in total. The predicted molar refractivity (Wildman–Crippen MR) is 101 cm³/mol. The fourth-order valence-electron chi connectivity index (χ4n) is 2.36. The highest BCUT2D eigenvalue weighted by Gasteiger charge is 2.24. The van der Waals surface area contributed by atoms with Crippen molar-refractivity contribution in [1.29, 1.82) is 0 Å². The third-order valence-corrected chi connectivity index (χ3v) is 5.12. The summed E-state index contributed by atoms with van der Waals surface area (Å²) in [7, 11) is -0.505. The number of nitrogens with one attached hydrogen (secondary N) is 1. The van der Waals surface area contributed by atoms with E-state index in [9.17, 15) is 18.0 Å². The van der Waals surface area contributed by atoms with Crippen molar-refractivity contribution in [3.05, 3.63) is 52.7 Å². The SMILES string of the molecule is COC(=O)c1ccccc1S(=O)(=O)Nn1cnn(-c2nc(OC)cc(OC)n2)c1=O. The first-order valence-corrected chi connectivity index (χ1v) is 9.63. The minimum atomic E-state index is -4.35. The van der Waals surface area contributed by atoms with Crippen LogP contribution in [0.1, 0.15) is 10.4 Å². The molecule has 1 aromatic carbocycles. The second kappa shape index (κ2) is 8.20. The number of methoxy groups -OCH3 is 3. The Labute approximate surface area is 169 Å². The first-order chi connectivity index (χ1) is 14.3. The Bertz CT molecular complexity index is 1230. The number of aromatic nitrogens is 5. The lowest BCUT2D eigenvalue weighted by Crippen LogP contribution is -2.34. The lowest BCUT2D eigenvalue weighted by atomic mass is 10.2. The highest BCUT2D eigenvalue weighted by atomic mass is 32.2. The topological polar surface area (TPSA) is 157 Å². The van der Waals surface area contributed by atoms with Gasteiger partial charge in [0.1, 0.15) is 11.2 Å². The largest absolute Gasteiger partial charge is 0.481 e. The molecule has 0 atom stereocenters. The Morgan fingerprint density at radius 3 is 2.30 bits per heavy atom. The Morgan fingerprint density at radius 2 is 1.70 bits per heavy atom. The molecule has 0 radical (unpaired) electrons. The van der Waals surface area contributed by atoms with Crippen LogP contribution in [0.5, 0.6) is 11.8 Å². The summed E-state index contributed by atoms with van der Waals surface area (Å²) in [5, 5.41) is 3.80. The van der Waals surface area contributed by atoms with E-state index in [1.54, 1.807) is 0 Å². The maximum absolute atomic E-state index is 12.8. The van der Waals surface area contributed by atoms with Crippen molar-refractivity contribution < 1.29 is 27.4 Å². The molecule has 0 aliphatic heterocycles. The second-order valence-corrected chi connectivity index (χ2v) is 7.16. The van der Waals surface area contributed by atoms with Crippen LogP contribution in [0, 0.1) is 0 Å². The van der Waals surface area contributed by atoms with E-state index in [4.69, 9.17) is 9.47 Å². The van der Waals surface area contributed by atoms with Crippen LogP contribution < -0.4 is 20.0 Å². The molecular weight excluding hydrogens is 420 g/mol. The van der Waals surface area contributed by atoms with Crippen LogP contribution >= 0.6 is 0 Å². The molecule has 30 heavy (non-hydrogen) atoms. The van der Waals surface area contributed by atoms with Crippen molar-refractivity contribution in [1.82, 2.24) is 24.4 Å². The average molecular weight is 436 g/mol. The van der Waals surface area contributed by atoms with E-state index in [0.29, 0.717) is 4.68 Å². The smallest absolute Gasteiger partial charge is 0.372 e. The lowest BCUT2D eigenvalue weighted by molar-refractivity contribution is 0.0596. The van der Waals surface area contributed by atoms with E-state index in [0.717, 1.165) is 18.1 Å². The molecule has 14 heteroatoms. The summed E-state index contributed by atoms with van der Waals surface area (Å²) in [5.41, 5.74) is -1.13. The summed E-state index contributed by atoms with van der Waals surface area (Å²) >= 11 is 0. The minimum Gasteiger partial charge on any atom is -0.481 e. The normalized spacial score (nSPS) is 11.0. The maximum Gasteiger partial charge on any atom is 0.372 e. The van der Waals surface area contributed by atoms with Crippen LogP contribution in [-0.4, -0.2) is 60.1 Å². The van der Waals surface area contributed by atoms with Gasteiger partial charge in [0.05, 0.1) is 33.0 Å². The molecule has 0 fully saturated rings. The number of hydrogen-bond donors (Lipinski definition) is 1. The van der Waals surface area contributed by atoms with Gasteiger partial charge >= 0.3 is 11.7 Å². The van der Waals surface area contributed by atoms with E-state index in [2.05, 4.69) is 19.8 Å². The van der Waals surface area contributed by atoms with Crippen LogP contribution in [0.15, 0.2) is 46.3 Å². The summed E-state index contributed by atoms with van der Waals surface area (Å²) in [5.74, 6) is -0.850. The van der Waals surface area contributed by atoms with Gasteiger partial charge in [0.15, 0.2) is 0 Å². The quantitative estimate of drug-likeness (QED) is 0.482. The zero-order chi connectivity index (χ0) is 21.9. The molecule has 158 valence electrons. The molecule has 2 aromatic heterocycles. The van der Waals surface area contributed by atoms with Gasteiger partial charge in [-0.2, -0.15) is 23.1 Å². The van der Waals surface area contributed by atoms with Gasteiger partial charge in [0, 0.05) is 0 Å². The molecule has 0 aliphatic rings. The molecular formula is C16H16N6O7S. The van der Waals surface area contributed by atoms with Crippen molar-refractivity contribution in [2.24, 2.45) is 0 Å². The zero-order valence-electron chi connectivity index (χ0n) is 16.0. The number of benzene rings is 1. The number of hydrogen-bond acceptors (Lipinski definition) is 10. The second-order valence-electron chi connectivity index (χ2n) is 5.53. The molecule has 0 unspecified atom stereocenters. The van der Waals surface area contributed by atoms with E-state index >= 15 is 0 Å². The van der Waals surface area contributed by atoms with Gasteiger partial charge in [0.2, 0.25) is 11.8 Å². The predicted octanol–water partition coefficient (Wildman–Crippen LogP) is -0.440. The third kappa shape index (κ3) is 3.93. The number of nitrogens with zero attached hydrogens (tertiary/aromatic N) is 5. The lowest BCUT2D eigenvalue weighted by Gasteiger charge is -2.10. The summed E-state index contributed by atoms with van der Waals surface area (Å²) < 4.78 is 41.5. The minimum absolute atomic E-state index is 0.103. The van der Waals surface area contributed by atoms with Gasteiger partial charge < -0.3 is 14.2 Å². The van der Waals surface area contributed by atoms with Crippen molar-refractivity contribution in [3.8, 4) is 17.7 Å². The van der Waals surface area contributed by atoms with Crippen LogP contribution in [-0.2, 0) is 14.8 Å². The van der Waals surface area contributed by atoms with Crippen LogP contribution in [0.3, 0.4) is 0 Å². The van der Waals surface area contributed by atoms with Gasteiger partial charge in [0.25, 0.3) is 16.0 Å². The molecule has 2 heterocycles. The average Bonchev–Trinajstić information content (AvgIpc) is 3.12. The number of rotatable bonds is 7. The van der Waals surface area contributed by atoms with Crippen LogP contribution in [0.25, 0.3) is 5.95 Å². The fourth-order valence-corrected chi connectivity index (χ4v) is 3.54. The highest BCUT2D eigenvalue weighted by Crippen LogP contribution is 2.17. The molecule has 1 N–H and O–H groups in total. The van der Waals surface area contributed by atoms with Gasteiger partial charge in [-0.3, -0.25) is 0 Å². The molecule has 0 spiro atoms. The Kier molecular flexibility index (Phi) is 5.68. The number of ether oxygens (including phenoxy) is 3. The van der Waals surface area contributed by atoms with E-state index < -0.39 is 21.7 Å². The summed E-state index contributed by atoms with van der Waals surface area (Å²) in [6.07, 6.45) is 0.913. The monoisotopic (exact) mass is 436 g/mol. The standard InChI is InChI=1S/C16H16N6O7S/c1-27-12-8-13(28-2)19-15(18-12)22-16(24)21(9-17-22)20-30(25,26)11-7-5-4-6-10(11)14(23)29-3/h4-9,20H,1-3H3. The number of sulfonamides is 1. The third-order valence-electron chi connectivity index (χ3n) is 3.75. The summed E-state index contributed by atoms with van der Waals surface area (Å²) in [6.45, 7) is 0. The number of esters is 1. The molecule has 0 saturated heterocycles. The van der Waals surface area contributed by atoms with E-state index in [1.165, 1.54) is 44.6 Å². The molecule has 3 aromatic rings. The van der Waals surface area contributed by atoms with Gasteiger partial charge in [-0.05, 0) is 12.1 Å². The molecule has 3 rings (SSSR count). The van der Waals surface area contributed by atoms with Crippen molar-refractivity contribution in [3.63, 3.8) is 0 Å². The Balaban J connectivity index is 2.00. The van der Waals surface area contributed by atoms with Crippen molar-refractivity contribution >= 4 is 16.0 Å². The summed E-state index contributed by atoms with van der Waals surface area (Å²) in [4.78, 5) is 34.1. The van der Waals surface area contributed by atoms with Crippen LogP contribution in [0.4, 0.5) is 0 Å². The first kappa shape index (κ1) is 20.8. The van der Waals surface area contributed by atoms with Gasteiger partial charge in [-0.25, -0.2) is 14.4 Å². The van der Waals surface area contributed by atoms with Crippen molar-refractivity contribution in [2.45, 2.75) is 4.90 Å². The first-order valence-electron chi connectivity index (χ1n) is 8.15. The zero-order valence-corrected chi connectivity index (χ0v) is 16.8. The van der Waals surface area contributed by atoms with Gasteiger partial charge in [-0.15, -0.1) is 9.78 Å². The van der Waals surface area contributed by atoms with Crippen molar-refractivity contribution in [2.75, 3.05) is 26.2 Å². The van der Waals surface area contributed by atoms with Crippen LogP contribution in [0.2, 0.25) is 0 Å². The fraction of sp³-hybridized carbons (Fsp3) is 0.188. The molecule has 0 aliphatic carbocycles. The number of carbonyl (C=O) groups is 1. The molecule has 0 saturated carbocycles. The number of carbonyl (C=O) groups excluding carboxylic acids is 1. The summed E-state index contributed by atoms with van der Waals surface area (Å²) in [6, 6.07) is 6.76. The highest BCUT2D eigenvalue weighted by molar-refractivity contribution is 7.92. The Morgan fingerprint density at radius 1 is 1.07 bits per heavy atom. The molecule has 0 bridgehead atoms. The van der Waals surface area contributed by atoms with E-state index in [-0.39, 0.29) is 28.2 Å². The van der Waals surface area contributed by atoms with E-state index in [1.807, 2.05) is 4.83 Å². The maximum atomic E-state index is 12.8. The Hall–Kier alpha value is -3.94. The van der Waals surface area contributed by atoms with Gasteiger partial charge in [-0.1, -0.05) is 12.1 Å². The molecule has 0 amide bonds.